The van der Waals surface area contributed by atoms with E-state index in [1.807, 2.05) is 4.90 Å². The van der Waals surface area contributed by atoms with Crippen LogP contribution >= 0.6 is 0 Å². The quantitative estimate of drug-likeness (QED) is 0.576. The largest absolute Gasteiger partial charge is 0.416 e. The molecule has 1 aromatic rings. The highest BCUT2D eigenvalue weighted by Crippen LogP contribution is 2.32. The van der Waals surface area contributed by atoms with Gasteiger partial charge in [0.1, 0.15) is 0 Å². The maximum Gasteiger partial charge on any atom is 0.416 e. The number of nitrogens with zero attached hydrogens (tertiary/aromatic N) is 1. The summed E-state index contributed by atoms with van der Waals surface area (Å²) in [5, 5.41) is 6.69. The van der Waals surface area contributed by atoms with E-state index >= 15 is 0 Å². The fourth-order valence-corrected chi connectivity index (χ4v) is 4.98. The first-order valence-electron chi connectivity index (χ1n) is 11.8. The van der Waals surface area contributed by atoms with E-state index in [4.69, 9.17) is 0 Å². The number of halogens is 3. The summed E-state index contributed by atoms with van der Waals surface area (Å²) in [5.41, 5.74) is 0.938. The van der Waals surface area contributed by atoms with E-state index in [1.54, 1.807) is 13.0 Å². The van der Waals surface area contributed by atoms with Gasteiger partial charge in [0.25, 0.3) is 0 Å². The SMILES string of the molecule is C=C(NCC1CCC(NCC(=O)N2CCCC2CC)CC1)c1cc(C)cc(C(F)(F)F)c1. The van der Waals surface area contributed by atoms with Crippen molar-refractivity contribution in [2.45, 2.75) is 77.1 Å². The summed E-state index contributed by atoms with van der Waals surface area (Å²) in [4.78, 5) is 14.5. The van der Waals surface area contributed by atoms with Gasteiger partial charge in [0.2, 0.25) is 5.91 Å². The molecule has 7 heteroatoms. The normalized spacial score (nSPS) is 23.9. The molecule has 4 nitrogen and oxygen atoms in total. The van der Waals surface area contributed by atoms with Crippen molar-refractivity contribution in [1.29, 1.82) is 0 Å². The van der Waals surface area contributed by atoms with Crippen molar-refractivity contribution in [3.05, 3.63) is 41.5 Å². The molecule has 1 aromatic carbocycles. The fraction of sp³-hybridized carbons (Fsp3) is 0.640. The molecule has 1 atom stereocenters. The molecule has 1 saturated carbocycles. The zero-order valence-electron chi connectivity index (χ0n) is 19.2. The van der Waals surface area contributed by atoms with E-state index in [2.05, 4.69) is 24.1 Å². The average molecular weight is 452 g/mol. The van der Waals surface area contributed by atoms with Crippen LogP contribution in [0.1, 0.15) is 68.6 Å². The number of benzene rings is 1. The van der Waals surface area contributed by atoms with Gasteiger partial charge in [-0.2, -0.15) is 13.2 Å². The molecule has 0 radical (unpaired) electrons. The highest BCUT2D eigenvalue weighted by Gasteiger charge is 2.31. The minimum Gasteiger partial charge on any atom is -0.385 e. The van der Waals surface area contributed by atoms with Crippen molar-refractivity contribution >= 4 is 11.6 Å². The minimum atomic E-state index is -4.36. The molecule has 0 aromatic heterocycles. The third-order valence-electron chi connectivity index (χ3n) is 6.91. The zero-order chi connectivity index (χ0) is 23.3. The van der Waals surface area contributed by atoms with Gasteiger partial charge in [-0.1, -0.05) is 13.5 Å². The fourth-order valence-electron chi connectivity index (χ4n) is 4.98. The number of amides is 1. The van der Waals surface area contributed by atoms with Gasteiger partial charge in [-0.15, -0.1) is 0 Å². The Kier molecular flexibility index (Phi) is 8.26. The lowest BCUT2D eigenvalue weighted by Gasteiger charge is -2.31. The third-order valence-corrected chi connectivity index (χ3v) is 6.91. The molecule has 1 heterocycles. The van der Waals surface area contributed by atoms with Crippen molar-refractivity contribution in [2.75, 3.05) is 19.6 Å². The van der Waals surface area contributed by atoms with E-state index in [0.717, 1.165) is 63.6 Å². The summed E-state index contributed by atoms with van der Waals surface area (Å²) in [7, 11) is 0. The molecule has 2 N–H and O–H groups in total. The van der Waals surface area contributed by atoms with Crippen molar-refractivity contribution in [3.8, 4) is 0 Å². The first-order valence-corrected chi connectivity index (χ1v) is 11.8. The van der Waals surface area contributed by atoms with Crippen LogP contribution in [0.15, 0.2) is 24.8 Å². The van der Waals surface area contributed by atoms with Gasteiger partial charge in [0, 0.05) is 30.9 Å². The van der Waals surface area contributed by atoms with Gasteiger partial charge in [-0.3, -0.25) is 4.79 Å². The predicted molar refractivity (Wildman–Crippen MR) is 122 cm³/mol. The summed E-state index contributed by atoms with van der Waals surface area (Å²) >= 11 is 0. The molecule has 2 aliphatic rings. The van der Waals surface area contributed by atoms with Crippen molar-refractivity contribution < 1.29 is 18.0 Å². The average Bonchev–Trinajstić information content (AvgIpc) is 3.24. The Hall–Kier alpha value is -2.02. The Morgan fingerprint density at radius 2 is 1.88 bits per heavy atom. The van der Waals surface area contributed by atoms with E-state index < -0.39 is 11.7 Å². The highest BCUT2D eigenvalue weighted by molar-refractivity contribution is 5.78. The van der Waals surface area contributed by atoms with Crippen LogP contribution in [0.5, 0.6) is 0 Å². The summed E-state index contributed by atoms with van der Waals surface area (Å²) < 4.78 is 39.2. The van der Waals surface area contributed by atoms with Crippen molar-refractivity contribution in [2.24, 2.45) is 5.92 Å². The number of carbonyl (C=O) groups excluding carboxylic acids is 1. The third kappa shape index (κ3) is 6.50. The monoisotopic (exact) mass is 451 g/mol. The van der Waals surface area contributed by atoms with Gasteiger partial charge in [0.05, 0.1) is 12.1 Å². The second-order valence-electron chi connectivity index (χ2n) is 9.33. The molecule has 1 unspecified atom stereocenters. The zero-order valence-corrected chi connectivity index (χ0v) is 19.2. The van der Waals surface area contributed by atoms with Gasteiger partial charge in [-0.05, 0) is 87.1 Å². The summed E-state index contributed by atoms with van der Waals surface area (Å²) in [6, 6.07) is 4.80. The minimum absolute atomic E-state index is 0.214. The van der Waals surface area contributed by atoms with E-state index in [0.29, 0.717) is 47.9 Å². The lowest BCUT2D eigenvalue weighted by atomic mass is 9.86. The van der Waals surface area contributed by atoms with Gasteiger partial charge >= 0.3 is 6.18 Å². The van der Waals surface area contributed by atoms with Crippen molar-refractivity contribution in [3.63, 3.8) is 0 Å². The van der Waals surface area contributed by atoms with Crippen LogP contribution in [0.3, 0.4) is 0 Å². The Morgan fingerprint density at radius 1 is 1.16 bits per heavy atom. The Morgan fingerprint density at radius 3 is 2.53 bits per heavy atom. The molecule has 178 valence electrons. The van der Waals surface area contributed by atoms with Crippen LogP contribution in [0.25, 0.3) is 5.70 Å². The van der Waals surface area contributed by atoms with Gasteiger partial charge in [0.15, 0.2) is 0 Å². The number of likely N-dealkylation sites (tertiary alicyclic amines) is 1. The first kappa shape index (κ1) is 24.6. The molecule has 3 rings (SSSR count). The molecule has 0 spiro atoms. The van der Waals surface area contributed by atoms with Crippen LogP contribution in [-0.2, 0) is 11.0 Å². The molecular weight excluding hydrogens is 415 g/mol. The maximum absolute atomic E-state index is 13.1. The number of nitrogens with one attached hydrogen (secondary N) is 2. The second-order valence-corrected chi connectivity index (χ2v) is 9.33. The van der Waals surface area contributed by atoms with E-state index in [-0.39, 0.29) is 5.91 Å². The summed E-state index contributed by atoms with van der Waals surface area (Å²) in [6.07, 6.45) is 2.94. The van der Waals surface area contributed by atoms with Crippen LogP contribution in [-0.4, -0.2) is 42.5 Å². The number of rotatable bonds is 8. The standard InChI is InChI=1S/C25H36F3N3O/c1-4-23-6-5-11-31(23)24(32)16-30-22-9-7-19(8-10-22)15-29-18(3)20-12-17(2)13-21(14-20)25(26,27)28/h12-14,19,22-23,29-30H,3-11,15-16H2,1-2H3. The molecule has 1 saturated heterocycles. The number of alkyl halides is 3. The summed E-state index contributed by atoms with van der Waals surface area (Å²) in [5.74, 6) is 0.668. The van der Waals surface area contributed by atoms with E-state index in [9.17, 15) is 18.0 Å². The smallest absolute Gasteiger partial charge is 0.385 e. The number of hydrogen-bond acceptors (Lipinski definition) is 3. The first-order chi connectivity index (χ1) is 15.2. The highest BCUT2D eigenvalue weighted by atomic mass is 19.4. The molecule has 2 fully saturated rings. The van der Waals surface area contributed by atoms with Gasteiger partial charge < -0.3 is 15.5 Å². The number of carbonyl (C=O) groups is 1. The molecule has 1 amide bonds. The topological polar surface area (TPSA) is 44.4 Å². The second kappa shape index (κ2) is 10.7. The van der Waals surface area contributed by atoms with Crippen LogP contribution in [0.4, 0.5) is 13.2 Å². The molecule has 1 aliphatic carbocycles. The Bertz CT molecular complexity index is 800. The lowest BCUT2D eigenvalue weighted by Crippen LogP contribution is -2.44. The van der Waals surface area contributed by atoms with Crippen molar-refractivity contribution in [1.82, 2.24) is 15.5 Å². The van der Waals surface area contributed by atoms with Gasteiger partial charge in [-0.25, -0.2) is 0 Å². The van der Waals surface area contributed by atoms with Crippen LogP contribution in [0, 0.1) is 12.8 Å². The Balaban J connectivity index is 1.40. The lowest BCUT2D eigenvalue weighted by molar-refractivity contribution is -0.137. The molecule has 32 heavy (non-hydrogen) atoms. The maximum atomic E-state index is 13.1. The molecular formula is C25H36F3N3O. The molecule has 0 bridgehead atoms. The molecule has 1 aliphatic heterocycles. The number of aryl methyl sites for hydroxylation is 1. The Labute approximate surface area is 189 Å². The summed E-state index contributed by atoms with van der Waals surface area (Å²) in [6.45, 7) is 9.75. The number of hydrogen-bond donors (Lipinski definition) is 2. The van der Waals surface area contributed by atoms with Crippen LogP contribution < -0.4 is 10.6 Å². The van der Waals surface area contributed by atoms with Crippen LogP contribution in [0.2, 0.25) is 0 Å². The predicted octanol–water partition coefficient (Wildman–Crippen LogP) is 5.12. The van der Waals surface area contributed by atoms with E-state index in [1.165, 1.54) is 0 Å².